The van der Waals surface area contributed by atoms with Crippen molar-refractivity contribution in [2.24, 2.45) is 17.8 Å². The summed E-state index contributed by atoms with van der Waals surface area (Å²) >= 11 is 0. The second kappa shape index (κ2) is 6.41. The van der Waals surface area contributed by atoms with Gasteiger partial charge in [-0.3, -0.25) is 14.9 Å². The highest BCUT2D eigenvalue weighted by Crippen LogP contribution is 2.52. The largest absolute Gasteiger partial charge is 0.370 e. The van der Waals surface area contributed by atoms with Crippen molar-refractivity contribution in [1.29, 1.82) is 0 Å². The molecule has 1 N–H and O–H groups in total. The van der Waals surface area contributed by atoms with Gasteiger partial charge in [0.05, 0.1) is 0 Å². The first-order valence-electron chi connectivity index (χ1n) is 8.93. The highest BCUT2D eigenvalue weighted by Gasteiger charge is 2.61. The molecule has 3 rings (SSSR count). The minimum Gasteiger partial charge on any atom is -0.370 e. The normalized spacial score (nSPS) is 31.4. The highest BCUT2D eigenvalue weighted by atomic mass is 16.6. The lowest BCUT2D eigenvalue weighted by molar-refractivity contribution is -0.491. The smallest absolute Gasteiger partial charge is 0.225 e. The summed E-state index contributed by atoms with van der Waals surface area (Å²) in [5, 5.41) is 22.1. The van der Waals surface area contributed by atoms with E-state index in [0.717, 1.165) is 5.56 Å². The van der Waals surface area contributed by atoms with E-state index in [4.69, 9.17) is 0 Å². The van der Waals surface area contributed by atoms with Gasteiger partial charge in [0.25, 0.3) is 0 Å². The first kappa shape index (κ1) is 17.9. The van der Waals surface area contributed by atoms with Crippen LogP contribution in [0.15, 0.2) is 18.2 Å². The first-order chi connectivity index (χ1) is 11.7. The Bertz CT molecular complexity index is 705. The molecular formula is C19H26N2O4. The van der Waals surface area contributed by atoms with Gasteiger partial charge in [0, 0.05) is 29.7 Å². The van der Waals surface area contributed by atoms with Gasteiger partial charge in [-0.25, -0.2) is 0 Å². The molecule has 6 nitrogen and oxygen atoms in total. The molecule has 1 aromatic rings. The zero-order valence-electron chi connectivity index (χ0n) is 15.1. The summed E-state index contributed by atoms with van der Waals surface area (Å²) in [6.07, 6.45) is 1.32. The van der Waals surface area contributed by atoms with Crippen molar-refractivity contribution in [2.75, 3.05) is 13.1 Å². The summed E-state index contributed by atoms with van der Waals surface area (Å²) in [7, 11) is 0. The lowest BCUT2D eigenvalue weighted by Crippen LogP contribution is -2.48. The van der Waals surface area contributed by atoms with Crippen molar-refractivity contribution in [3.8, 4) is 0 Å². The summed E-state index contributed by atoms with van der Waals surface area (Å²) in [5.74, 6) is -0.620. The number of nitrogens with zero attached hydrogens (tertiary/aromatic N) is 2. The molecule has 1 amide bonds. The molecule has 0 bridgehead atoms. The van der Waals surface area contributed by atoms with E-state index in [1.807, 2.05) is 6.92 Å². The van der Waals surface area contributed by atoms with E-state index in [-0.39, 0.29) is 41.5 Å². The lowest BCUT2D eigenvalue weighted by atomic mass is 9.88. The molecule has 1 saturated carbocycles. The number of rotatable bonds is 5. The number of likely N-dealkylation sites (tertiary alicyclic amines) is 1. The molecule has 2 aliphatic rings. The van der Waals surface area contributed by atoms with Crippen molar-refractivity contribution in [1.82, 2.24) is 4.90 Å². The van der Waals surface area contributed by atoms with Crippen LogP contribution in [-0.4, -0.2) is 39.7 Å². The van der Waals surface area contributed by atoms with Crippen LogP contribution >= 0.6 is 0 Å². The van der Waals surface area contributed by atoms with E-state index < -0.39 is 5.72 Å². The number of hydrogen-bond acceptors (Lipinski definition) is 4. The van der Waals surface area contributed by atoms with E-state index in [1.165, 1.54) is 11.1 Å². The number of carbonyl (C=O) groups is 1. The maximum absolute atomic E-state index is 12.5. The minimum atomic E-state index is -1.23. The third-order valence-electron chi connectivity index (χ3n) is 6.18. The van der Waals surface area contributed by atoms with Crippen molar-refractivity contribution < 1.29 is 14.8 Å². The molecule has 1 aliphatic carbocycles. The van der Waals surface area contributed by atoms with Crippen molar-refractivity contribution in [3.63, 3.8) is 0 Å². The standard InChI is InChI=1S/C19H26N2O4/c1-12-4-5-15(8-13(12)2)6-7-20-18(22)9-17-16(11-21(24)25)14(3)10-19(17,20)23/h4-5,8,14,16-17,23H,6-7,9-11H2,1-3H3/t14-,16+,17+,19+/m0/s1. The number of fused-ring (bicyclic) bond motifs is 1. The summed E-state index contributed by atoms with van der Waals surface area (Å²) in [6.45, 7) is 6.34. The SMILES string of the molecule is Cc1ccc(CCN2C(=O)C[C@@H]3[C@H](C[N+](=O)[O-])[C@@H](C)C[C@@]32O)cc1C. The minimum absolute atomic E-state index is 0.0395. The quantitative estimate of drug-likeness (QED) is 0.655. The van der Waals surface area contributed by atoms with Crippen LogP contribution in [0.5, 0.6) is 0 Å². The number of aliphatic hydroxyl groups is 1. The van der Waals surface area contributed by atoms with Crippen molar-refractivity contribution in [2.45, 2.75) is 45.8 Å². The van der Waals surface area contributed by atoms with Crippen LogP contribution in [0.2, 0.25) is 0 Å². The van der Waals surface area contributed by atoms with Gasteiger partial charge in [-0.15, -0.1) is 0 Å². The van der Waals surface area contributed by atoms with Crippen molar-refractivity contribution in [3.05, 3.63) is 45.0 Å². The lowest BCUT2D eigenvalue weighted by Gasteiger charge is -2.34. The maximum atomic E-state index is 12.5. The number of carbonyl (C=O) groups excluding carboxylic acids is 1. The van der Waals surface area contributed by atoms with Gasteiger partial charge in [-0.05, 0) is 49.3 Å². The first-order valence-corrected chi connectivity index (χ1v) is 8.93. The third-order valence-corrected chi connectivity index (χ3v) is 6.18. The molecule has 1 aliphatic heterocycles. The average Bonchev–Trinajstić information content (AvgIpc) is 2.89. The fourth-order valence-electron chi connectivity index (χ4n) is 4.65. The Labute approximate surface area is 148 Å². The van der Waals surface area contributed by atoms with E-state index in [0.29, 0.717) is 19.4 Å². The molecule has 136 valence electrons. The summed E-state index contributed by atoms with van der Waals surface area (Å²) in [6, 6.07) is 6.24. The second-order valence-corrected chi connectivity index (χ2v) is 7.76. The summed E-state index contributed by atoms with van der Waals surface area (Å²) < 4.78 is 0. The Balaban J connectivity index is 1.75. The number of benzene rings is 1. The van der Waals surface area contributed by atoms with Gasteiger partial charge in [-0.1, -0.05) is 25.1 Å². The Morgan fingerprint density at radius 2 is 2.08 bits per heavy atom. The van der Waals surface area contributed by atoms with Gasteiger partial charge >= 0.3 is 0 Å². The Morgan fingerprint density at radius 3 is 2.72 bits per heavy atom. The van der Waals surface area contributed by atoms with Gasteiger partial charge < -0.3 is 10.0 Å². The third kappa shape index (κ3) is 3.15. The van der Waals surface area contributed by atoms with Gasteiger partial charge in [0.1, 0.15) is 5.72 Å². The molecule has 0 spiro atoms. The van der Waals surface area contributed by atoms with Crippen LogP contribution < -0.4 is 0 Å². The number of hydrogen-bond donors (Lipinski definition) is 1. The maximum Gasteiger partial charge on any atom is 0.225 e. The van der Waals surface area contributed by atoms with Crippen LogP contribution in [0, 0.1) is 41.7 Å². The van der Waals surface area contributed by atoms with Crippen LogP contribution in [0.25, 0.3) is 0 Å². The molecule has 4 atom stereocenters. The van der Waals surface area contributed by atoms with E-state index in [1.54, 1.807) is 4.90 Å². The Kier molecular flexibility index (Phi) is 4.58. The Hall–Kier alpha value is -1.95. The highest BCUT2D eigenvalue weighted by molar-refractivity contribution is 5.80. The molecule has 6 heteroatoms. The van der Waals surface area contributed by atoms with Crippen molar-refractivity contribution >= 4 is 5.91 Å². The van der Waals surface area contributed by atoms with Gasteiger partial charge in [-0.2, -0.15) is 0 Å². The monoisotopic (exact) mass is 346 g/mol. The zero-order chi connectivity index (χ0) is 18.4. The molecule has 0 unspecified atom stereocenters. The number of nitro groups is 1. The predicted molar refractivity (Wildman–Crippen MR) is 93.5 cm³/mol. The molecule has 0 radical (unpaired) electrons. The Morgan fingerprint density at radius 1 is 1.36 bits per heavy atom. The topological polar surface area (TPSA) is 83.7 Å². The van der Waals surface area contributed by atoms with Crippen LogP contribution in [0.1, 0.15) is 36.5 Å². The number of amides is 1. The average molecular weight is 346 g/mol. The molecule has 25 heavy (non-hydrogen) atoms. The predicted octanol–water partition coefficient (Wildman–Crippen LogP) is 2.32. The van der Waals surface area contributed by atoms with Crippen LogP contribution in [0.4, 0.5) is 0 Å². The molecule has 1 saturated heterocycles. The van der Waals surface area contributed by atoms with Crippen LogP contribution in [0.3, 0.4) is 0 Å². The second-order valence-electron chi connectivity index (χ2n) is 7.76. The van der Waals surface area contributed by atoms with Gasteiger partial charge in [0.2, 0.25) is 12.5 Å². The fourth-order valence-corrected chi connectivity index (χ4v) is 4.65. The number of aryl methyl sites for hydroxylation is 2. The summed E-state index contributed by atoms with van der Waals surface area (Å²) in [4.78, 5) is 24.7. The molecular weight excluding hydrogens is 320 g/mol. The van der Waals surface area contributed by atoms with Crippen LogP contribution in [-0.2, 0) is 11.2 Å². The summed E-state index contributed by atoms with van der Waals surface area (Å²) in [5.41, 5.74) is 2.35. The van der Waals surface area contributed by atoms with E-state index in [9.17, 15) is 20.0 Å². The fraction of sp³-hybridized carbons (Fsp3) is 0.632. The zero-order valence-corrected chi connectivity index (χ0v) is 15.1. The van der Waals surface area contributed by atoms with E-state index in [2.05, 4.69) is 32.0 Å². The molecule has 1 aromatic carbocycles. The molecule has 2 fully saturated rings. The molecule has 1 heterocycles. The molecule has 0 aromatic heterocycles. The van der Waals surface area contributed by atoms with Gasteiger partial charge in [0.15, 0.2) is 0 Å². The van der Waals surface area contributed by atoms with E-state index >= 15 is 0 Å².